The summed E-state index contributed by atoms with van der Waals surface area (Å²) in [6.07, 6.45) is 3.91. The summed E-state index contributed by atoms with van der Waals surface area (Å²) in [6, 6.07) is 0. The molecule has 1 nitrogen and oxygen atoms in total. The van der Waals surface area contributed by atoms with Gasteiger partial charge in [0.15, 0.2) is 0 Å². The van der Waals surface area contributed by atoms with Gasteiger partial charge in [0.25, 0.3) is 0 Å². The van der Waals surface area contributed by atoms with Crippen LogP contribution in [0.1, 0.15) is 95.4 Å². The lowest BCUT2D eigenvalue weighted by atomic mass is 10.0. The van der Waals surface area contributed by atoms with Gasteiger partial charge in [-0.25, -0.2) is 0 Å². The van der Waals surface area contributed by atoms with Gasteiger partial charge in [-0.15, -0.1) is 0 Å². The van der Waals surface area contributed by atoms with Crippen molar-refractivity contribution in [1.29, 1.82) is 0 Å². The van der Waals surface area contributed by atoms with Gasteiger partial charge in [0.1, 0.15) is 0 Å². The molecule has 7 fully saturated rings. The Kier molecular flexibility index (Phi) is 2.03. The minimum Gasteiger partial charge on any atom is -0.392 e. The fraction of sp³-hybridized carbons (Fsp3) is 1.00. The molecule has 1 N–H and O–H groups in total. The molecule has 7 saturated carbocycles. The van der Waals surface area contributed by atoms with Gasteiger partial charge in [-0.3, -0.25) is 0 Å². The van der Waals surface area contributed by atoms with Crippen molar-refractivity contribution in [3.8, 4) is 0 Å². The van der Waals surface area contributed by atoms with E-state index in [1.54, 1.807) is 0 Å². The lowest BCUT2D eigenvalue weighted by molar-refractivity contribution is 0.235. The van der Waals surface area contributed by atoms with Crippen molar-refractivity contribution in [2.24, 2.45) is 65.5 Å². The second kappa shape index (κ2) is 3.23. The van der Waals surface area contributed by atoms with Crippen LogP contribution in [0.3, 0.4) is 0 Å². The summed E-state index contributed by atoms with van der Waals surface area (Å²) in [5, 5.41) is 11.0. The van der Waals surface area contributed by atoms with E-state index < -0.39 is 0 Å². The van der Waals surface area contributed by atoms with Crippen molar-refractivity contribution in [1.82, 2.24) is 0 Å². The van der Waals surface area contributed by atoms with Gasteiger partial charge in [-0.05, 0) is 72.9 Å². The van der Waals surface area contributed by atoms with Crippen LogP contribution in [0, 0.1) is 65.5 Å². The van der Waals surface area contributed by atoms with Gasteiger partial charge >= 0.3 is 0 Å². The standard InChI is InChI=1S/C27H42O/c1-12-15-16(28)22(15)14-24(22)19(6,7)26(24)21(10,11)27(26)20(8,9)25(27)18(4,5)23(25)13-17(23,2)3/h15-16,28H,12-14H2,1-11H3. The van der Waals surface area contributed by atoms with E-state index in [9.17, 15) is 5.11 Å². The summed E-state index contributed by atoms with van der Waals surface area (Å²) in [4.78, 5) is 0. The van der Waals surface area contributed by atoms with E-state index in [1.165, 1.54) is 19.3 Å². The SMILES string of the molecule is CCC1C(O)C12CC21C(C)(C)C12C(C)(C)C21C(C)(C)C12C(C)(C)C21CC1(C)C. The van der Waals surface area contributed by atoms with E-state index in [4.69, 9.17) is 0 Å². The first-order chi connectivity index (χ1) is 12.5. The number of aliphatic hydroxyl groups excluding tert-OH is 1. The lowest BCUT2D eigenvalue weighted by Crippen LogP contribution is -1.99. The average Bonchev–Trinajstić information content (AvgIpc) is 3.37. The van der Waals surface area contributed by atoms with E-state index >= 15 is 0 Å². The first kappa shape index (κ1) is 17.6. The first-order valence-electron chi connectivity index (χ1n) is 12.2. The van der Waals surface area contributed by atoms with Crippen LogP contribution in [-0.2, 0) is 0 Å². The quantitative estimate of drug-likeness (QED) is 0.564. The smallest absolute Gasteiger partial charge is 0.0640 e. The third kappa shape index (κ3) is 0.803. The van der Waals surface area contributed by atoms with Crippen LogP contribution >= 0.6 is 0 Å². The maximum Gasteiger partial charge on any atom is 0.0640 e. The Morgan fingerprint density at radius 1 is 0.643 bits per heavy atom. The maximum atomic E-state index is 11.0. The Hall–Kier alpha value is -0.0400. The van der Waals surface area contributed by atoms with Crippen LogP contribution in [0.15, 0.2) is 0 Å². The third-order valence-electron chi connectivity index (χ3n) is 14.8. The van der Waals surface area contributed by atoms with E-state index in [2.05, 4.69) is 76.2 Å². The highest BCUT2D eigenvalue weighted by atomic mass is 16.3. The molecule has 28 heavy (non-hydrogen) atoms. The van der Waals surface area contributed by atoms with E-state index in [1.807, 2.05) is 0 Å². The zero-order chi connectivity index (χ0) is 20.8. The fourth-order valence-corrected chi connectivity index (χ4v) is 15.8. The lowest BCUT2D eigenvalue weighted by Gasteiger charge is -2.03. The molecule has 8 atom stereocenters. The summed E-state index contributed by atoms with van der Waals surface area (Å²) in [5.41, 5.74) is 4.89. The molecule has 6 spiro atoms. The van der Waals surface area contributed by atoms with E-state index in [0.29, 0.717) is 60.1 Å². The highest BCUT2D eigenvalue weighted by Crippen LogP contribution is 3.31. The van der Waals surface area contributed by atoms with Crippen LogP contribution in [0.4, 0.5) is 0 Å². The Morgan fingerprint density at radius 3 is 1.43 bits per heavy atom. The minimum atomic E-state index is -0.0130. The maximum absolute atomic E-state index is 11.0. The van der Waals surface area contributed by atoms with Crippen molar-refractivity contribution in [3.05, 3.63) is 0 Å². The second-order valence-corrected chi connectivity index (χ2v) is 15.3. The first-order valence-corrected chi connectivity index (χ1v) is 12.2. The van der Waals surface area contributed by atoms with Gasteiger partial charge in [-0.1, -0.05) is 82.6 Å². The molecule has 0 aromatic carbocycles. The summed E-state index contributed by atoms with van der Waals surface area (Å²) < 4.78 is 0. The molecular weight excluding hydrogens is 340 g/mol. The van der Waals surface area contributed by atoms with E-state index in [0.717, 1.165) is 0 Å². The van der Waals surface area contributed by atoms with Crippen LogP contribution in [0.2, 0.25) is 0 Å². The zero-order valence-corrected chi connectivity index (χ0v) is 20.2. The molecule has 0 bridgehead atoms. The number of fused-ring (bicyclic) bond motifs is 5. The Labute approximate surface area is 172 Å². The summed E-state index contributed by atoms with van der Waals surface area (Å²) in [7, 11) is 0. The van der Waals surface area contributed by atoms with Crippen molar-refractivity contribution in [3.63, 3.8) is 0 Å². The van der Waals surface area contributed by atoms with Gasteiger partial charge < -0.3 is 5.11 Å². The topological polar surface area (TPSA) is 20.2 Å². The molecule has 156 valence electrons. The van der Waals surface area contributed by atoms with Crippen LogP contribution in [0.25, 0.3) is 0 Å². The predicted octanol–water partition coefficient (Wildman–Crippen LogP) is 6.30. The Bertz CT molecular complexity index is 921. The van der Waals surface area contributed by atoms with Crippen LogP contribution < -0.4 is 0 Å². The van der Waals surface area contributed by atoms with Gasteiger partial charge in [0, 0.05) is 5.41 Å². The van der Waals surface area contributed by atoms with Gasteiger partial charge in [0.05, 0.1) is 6.10 Å². The zero-order valence-electron chi connectivity index (χ0n) is 20.2. The summed E-state index contributed by atoms with van der Waals surface area (Å²) in [5.74, 6) is 0.580. The van der Waals surface area contributed by atoms with Crippen molar-refractivity contribution >= 4 is 0 Å². The monoisotopic (exact) mass is 382 g/mol. The molecule has 0 aliphatic heterocycles. The van der Waals surface area contributed by atoms with Gasteiger partial charge in [-0.2, -0.15) is 0 Å². The highest BCUT2D eigenvalue weighted by molar-refractivity contribution is 5.74. The van der Waals surface area contributed by atoms with Crippen LogP contribution in [0.5, 0.6) is 0 Å². The number of rotatable bonds is 1. The largest absolute Gasteiger partial charge is 0.392 e. The molecular formula is C27H42O. The van der Waals surface area contributed by atoms with Crippen molar-refractivity contribution in [2.75, 3.05) is 0 Å². The third-order valence-corrected chi connectivity index (χ3v) is 14.8. The normalized spacial score (nSPS) is 69.4. The molecule has 0 aromatic heterocycles. The van der Waals surface area contributed by atoms with Crippen LogP contribution in [-0.4, -0.2) is 11.2 Å². The minimum absolute atomic E-state index is 0.0130. The Morgan fingerprint density at radius 2 is 1.07 bits per heavy atom. The molecule has 0 heterocycles. The molecule has 0 aromatic rings. The molecule has 0 radical (unpaired) electrons. The Balaban J connectivity index is 1.44. The number of hydrogen-bond donors (Lipinski definition) is 1. The van der Waals surface area contributed by atoms with Crippen molar-refractivity contribution < 1.29 is 5.11 Å². The van der Waals surface area contributed by atoms with Crippen molar-refractivity contribution in [2.45, 2.75) is 102 Å². The average molecular weight is 383 g/mol. The molecule has 0 saturated heterocycles. The fourth-order valence-electron chi connectivity index (χ4n) is 15.8. The number of aliphatic hydroxyl groups is 1. The summed E-state index contributed by atoms with van der Waals surface area (Å²) >= 11 is 0. The predicted molar refractivity (Wildman–Crippen MR) is 113 cm³/mol. The molecule has 7 aliphatic rings. The molecule has 1 heteroatoms. The molecule has 0 amide bonds. The second-order valence-electron chi connectivity index (χ2n) is 15.3. The molecule has 7 rings (SSSR count). The highest BCUT2D eigenvalue weighted by Gasteiger charge is 3.28. The van der Waals surface area contributed by atoms with Gasteiger partial charge in [0.2, 0.25) is 0 Å². The molecule has 7 aliphatic carbocycles. The van der Waals surface area contributed by atoms with E-state index in [-0.39, 0.29) is 11.5 Å². The number of hydrogen-bond acceptors (Lipinski definition) is 1. The summed E-state index contributed by atoms with van der Waals surface area (Å²) in [6.45, 7) is 28.5. The molecule has 8 unspecified atom stereocenters.